The van der Waals surface area contributed by atoms with Gasteiger partial charge in [0, 0.05) is 21.8 Å². The zero-order valence-electron chi connectivity index (χ0n) is 11.7. The second kappa shape index (κ2) is 6.44. The number of nitrogens with one attached hydrogen (secondary N) is 1. The molecule has 2 aromatic carbocycles. The maximum Gasteiger partial charge on any atom is 0.194 e. The number of β-amino-alcohol motifs (C(OH)–C–C–N with tert-alkyl or cyclic N) is 1. The summed E-state index contributed by atoms with van der Waals surface area (Å²) in [5.74, 6) is 0. The molecule has 1 aliphatic rings. The Morgan fingerprint density at radius 3 is 2.68 bits per heavy atom. The van der Waals surface area contributed by atoms with E-state index in [9.17, 15) is 5.11 Å². The van der Waals surface area contributed by atoms with Crippen molar-refractivity contribution >= 4 is 40.3 Å². The monoisotopic (exact) mass is 331 g/mol. The van der Waals surface area contributed by atoms with Gasteiger partial charge >= 0.3 is 0 Å². The second-order valence-corrected chi connectivity index (χ2v) is 5.60. The summed E-state index contributed by atoms with van der Waals surface area (Å²) in [6, 6.07) is 15.4. The first kappa shape index (κ1) is 15.0. The average molecular weight is 332 g/mol. The Balaban J connectivity index is 2.18. The molecule has 0 aromatic heterocycles. The van der Waals surface area contributed by atoms with Gasteiger partial charge in [0.25, 0.3) is 0 Å². The van der Waals surface area contributed by atoms with Crippen LogP contribution in [0, 0.1) is 0 Å². The van der Waals surface area contributed by atoms with Crippen LogP contribution in [0.25, 0.3) is 0 Å². The zero-order valence-corrected chi connectivity index (χ0v) is 13.2. The first-order valence-corrected chi connectivity index (χ1v) is 7.61. The normalized spacial score (nSPS) is 14.0. The number of hydrogen-bond acceptors (Lipinski definition) is 3. The largest absolute Gasteiger partial charge is 0.394 e. The Morgan fingerprint density at radius 2 is 1.95 bits per heavy atom. The van der Waals surface area contributed by atoms with E-state index in [1.165, 1.54) is 0 Å². The summed E-state index contributed by atoms with van der Waals surface area (Å²) < 4.78 is 0. The van der Waals surface area contributed by atoms with Gasteiger partial charge in [0.05, 0.1) is 13.2 Å². The third kappa shape index (κ3) is 2.97. The Morgan fingerprint density at radius 1 is 1.18 bits per heavy atom. The first-order chi connectivity index (χ1) is 10.7. The summed E-state index contributed by atoms with van der Waals surface area (Å²) in [6.45, 7) is 0.286. The van der Waals surface area contributed by atoms with Crippen LogP contribution in [0.5, 0.6) is 0 Å². The number of hydrazone groups is 1. The molecule has 0 atom stereocenters. The second-order valence-electron chi connectivity index (χ2n) is 4.78. The van der Waals surface area contributed by atoms with Crippen LogP contribution >= 0.6 is 23.8 Å². The summed E-state index contributed by atoms with van der Waals surface area (Å²) in [5.41, 5.74) is 3.44. The van der Waals surface area contributed by atoms with Crippen LogP contribution in [-0.2, 0) is 0 Å². The van der Waals surface area contributed by atoms with Gasteiger partial charge in [0.1, 0.15) is 5.71 Å². The highest BCUT2D eigenvalue weighted by molar-refractivity contribution is 7.80. The third-order valence-corrected chi connectivity index (χ3v) is 3.84. The lowest BCUT2D eigenvalue weighted by atomic mass is 10.0. The Kier molecular flexibility index (Phi) is 4.38. The molecule has 0 bridgehead atoms. The van der Waals surface area contributed by atoms with E-state index < -0.39 is 0 Å². The summed E-state index contributed by atoms with van der Waals surface area (Å²) in [7, 11) is 0. The van der Waals surface area contributed by atoms with E-state index in [1.807, 2.05) is 42.5 Å². The van der Waals surface area contributed by atoms with Gasteiger partial charge < -0.3 is 10.4 Å². The van der Waals surface area contributed by atoms with Gasteiger partial charge in [-0.25, -0.2) is 5.01 Å². The minimum atomic E-state index is -0.0372. The molecule has 2 aromatic rings. The van der Waals surface area contributed by atoms with Crippen LogP contribution in [0.2, 0.25) is 5.02 Å². The van der Waals surface area contributed by atoms with Gasteiger partial charge in [-0.1, -0.05) is 41.9 Å². The van der Waals surface area contributed by atoms with Crippen molar-refractivity contribution in [3.05, 3.63) is 64.7 Å². The molecule has 3 rings (SSSR count). The Bertz CT molecular complexity index is 733. The van der Waals surface area contributed by atoms with Gasteiger partial charge in [-0.15, -0.1) is 0 Å². The van der Waals surface area contributed by atoms with Crippen molar-refractivity contribution in [2.24, 2.45) is 5.10 Å². The van der Waals surface area contributed by atoms with E-state index in [4.69, 9.17) is 23.8 Å². The molecule has 22 heavy (non-hydrogen) atoms. The van der Waals surface area contributed by atoms with E-state index in [0.717, 1.165) is 22.5 Å². The zero-order chi connectivity index (χ0) is 15.5. The molecule has 6 heteroatoms. The Labute approximate surface area is 139 Å². The fourth-order valence-electron chi connectivity index (χ4n) is 2.28. The van der Waals surface area contributed by atoms with Crippen molar-refractivity contribution in [1.29, 1.82) is 0 Å². The van der Waals surface area contributed by atoms with Gasteiger partial charge in [-0.05, 0) is 30.4 Å². The number of benzene rings is 2. The molecule has 0 radical (unpaired) electrons. The highest BCUT2D eigenvalue weighted by atomic mass is 35.5. The molecule has 0 saturated heterocycles. The van der Waals surface area contributed by atoms with Gasteiger partial charge in [-0.3, -0.25) is 0 Å². The molecular formula is C16H14ClN3OS. The molecule has 0 unspecified atom stereocenters. The molecule has 0 fully saturated rings. The highest BCUT2D eigenvalue weighted by Crippen LogP contribution is 2.27. The van der Waals surface area contributed by atoms with Crippen LogP contribution < -0.4 is 5.32 Å². The van der Waals surface area contributed by atoms with E-state index in [1.54, 1.807) is 11.1 Å². The van der Waals surface area contributed by atoms with E-state index in [2.05, 4.69) is 10.4 Å². The maximum absolute atomic E-state index is 9.23. The molecular weight excluding hydrogens is 318 g/mol. The van der Waals surface area contributed by atoms with E-state index in [0.29, 0.717) is 16.7 Å². The summed E-state index contributed by atoms with van der Waals surface area (Å²) in [6.07, 6.45) is 0. The van der Waals surface area contributed by atoms with Crippen molar-refractivity contribution in [2.75, 3.05) is 18.5 Å². The number of fused-ring (bicyclic) bond motifs is 1. The minimum Gasteiger partial charge on any atom is -0.394 e. The summed E-state index contributed by atoms with van der Waals surface area (Å²) in [5, 5.41) is 19.7. The number of aliphatic hydroxyl groups excluding tert-OH is 1. The van der Waals surface area contributed by atoms with Crippen molar-refractivity contribution < 1.29 is 5.11 Å². The average Bonchev–Trinajstić information content (AvgIpc) is 2.66. The van der Waals surface area contributed by atoms with E-state index in [-0.39, 0.29) is 6.61 Å². The molecule has 1 aliphatic heterocycles. The quantitative estimate of drug-likeness (QED) is 0.849. The van der Waals surface area contributed by atoms with Crippen molar-refractivity contribution in [3.63, 3.8) is 0 Å². The molecule has 0 spiro atoms. The fourth-order valence-corrected chi connectivity index (χ4v) is 2.69. The van der Waals surface area contributed by atoms with Crippen molar-refractivity contribution in [1.82, 2.24) is 5.01 Å². The lowest BCUT2D eigenvalue weighted by Crippen LogP contribution is -2.32. The SMILES string of the molecule is OCCN1N=C(c2ccccc2)c2cc(Cl)ccc2NC1=S. The maximum atomic E-state index is 9.23. The summed E-state index contributed by atoms with van der Waals surface area (Å²) >= 11 is 11.5. The number of thiocarbonyl (C=S) groups is 1. The van der Waals surface area contributed by atoms with Crippen LogP contribution in [0.1, 0.15) is 11.1 Å². The lowest BCUT2D eigenvalue weighted by Gasteiger charge is -2.17. The van der Waals surface area contributed by atoms with E-state index >= 15 is 0 Å². The van der Waals surface area contributed by atoms with Crippen LogP contribution in [0.4, 0.5) is 5.69 Å². The third-order valence-electron chi connectivity index (χ3n) is 3.29. The number of hydrogen-bond donors (Lipinski definition) is 2. The number of rotatable bonds is 3. The molecule has 1 heterocycles. The molecule has 0 amide bonds. The predicted molar refractivity (Wildman–Crippen MR) is 93.5 cm³/mol. The molecule has 2 N–H and O–H groups in total. The molecule has 0 aliphatic carbocycles. The Hall–Kier alpha value is -1.95. The van der Waals surface area contributed by atoms with Crippen LogP contribution in [0.3, 0.4) is 0 Å². The topological polar surface area (TPSA) is 47.9 Å². The van der Waals surface area contributed by atoms with Gasteiger partial charge in [-0.2, -0.15) is 5.10 Å². The van der Waals surface area contributed by atoms with Crippen LogP contribution in [-0.4, -0.2) is 34.1 Å². The molecule has 4 nitrogen and oxygen atoms in total. The van der Waals surface area contributed by atoms with Crippen molar-refractivity contribution in [3.8, 4) is 0 Å². The molecule has 112 valence electrons. The minimum absolute atomic E-state index is 0.0372. The van der Waals surface area contributed by atoms with Crippen molar-refractivity contribution in [2.45, 2.75) is 0 Å². The van der Waals surface area contributed by atoms with Gasteiger partial charge in [0.2, 0.25) is 0 Å². The number of anilines is 1. The van der Waals surface area contributed by atoms with Crippen LogP contribution in [0.15, 0.2) is 53.6 Å². The number of nitrogens with zero attached hydrogens (tertiary/aromatic N) is 2. The number of aliphatic hydroxyl groups is 1. The number of halogens is 1. The fraction of sp³-hybridized carbons (Fsp3) is 0.125. The molecule has 0 saturated carbocycles. The first-order valence-electron chi connectivity index (χ1n) is 6.82. The lowest BCUT2D eigenvalue weighted by molar-refractivity contribution is 0.254. The highest BCUT2D eigenvalue weighted by Gasteiger charge is 2.21. The smallest absolute Gasteiger partial charge is 0.194 e. The predicted octanol–water partition coefficient (Wildman–Crippen LogP) is 3.10. The summed E-state index contributed by atoms with van der Waals surface area (Å²) in [4.78, 5) is 0. The van der Waals surface area contributed by atoms with Gasteiger partial charge in [0.15, 0.2) is 5.11 Å². The standard InChI is InChI=1S/C16H14ClN3OS/c17-12-6-7-14-13(10-12)15(11-4-2-1-3-5-11)19-20(8-9-21)16(22)18-14/h1-7,10,21H,8-9H2,(H,18,22).